The molecule has 0 heterocycles. The van der Waals surface area contributed by atoms with Crippen molar-refractivity contribution in [3.63, 3.8) is 0 Å². The summed E-state index contributed by atoms with van der Waals surface area (Å²) in [5.41, 5.74) is 2.74. The van der Waals surface area contributed by atoms with E-state index in [0.29, 0.717) is 11.8 Å². The molecule has 2 nitrogen and oxygen atoms in total. The fourth-order valence-corrected chi connectivity index (χ4v) is 6.76. The summed E-state index contributed by atoms with van der Waals surface area (Å²) < 4.78 is 0. The standard InChI is InChI=1S/C21H30O2/c1-4-13-12-21(3)14(11-18(13)22)5-6-15-16-7-8-19(23)20(16,2)10-9-17(15)21/h4,11,15-17,19,23H,5-10,12H2,1-3H3/t15-,16-,17-,19-,20-,21-/m0/s1. The molecule has 4 aliphatic carbocycles. The van der Waals surface area contributed by atoms with Gasteiger partial charge in [0, 0.05) is 0 Å². The SMILES string of the molecule is CC=C1C[C@@]2(C)C(=CC1=O)CC[C@H]1[C@@H]3CC[C@H](O)[C@@]3(C)CC[C@@H]12. The number of ketones is 1. The van der Waals surface area contributed by atoms with Crippen molar-refractivity contribution in [3.8, 4) is 0 Å². The molecule has 0 aromatic heterocycles. The lowest BCUT2D eigenvalue weighted by molar-refractivity contribution is -0.113. The van der Waals surface area contributed by atoms with Crippen LogP contribution in [0.3, 0.4) is 0 Å². The largest absolute Gasteiger partial charge is 0.393 e. The van der Waals surface area contributed by atoms with E-state index in [9.17, 15) is 9.90 Å². The first-order valence-electron chi connectivity index (χ1n) is 9.49. The van der Waals surface area contributed by atoms with Crippen LogP contribution in [0.5, 0.6) is 0 Å². The van der Waals surface area contributed by atoms with Gasteiger partial charge in [0.1, 0.15) is 0 Å². The average Bonchev–Trinajstić information content (AvgIpc) is 2.83. The van der Waals surface area contributed by atoms with Crippen molar-refractivity contribution in [2.45, 2.75) is 71.8 Å². The first-order valence-corrected chi connectivity index (χ1v) is 9.49. The van der Waals surface area contributed by atoms with Crippen molar-refractivity contribution in [1.29, 1.82) is 0 Å². The quantitative estimate of drug-likeness (QED) is 0.671. The van der Waals surface area contributed by atoms with E-state index in [4.69, 9.17) is 0 Å². The van der Waals surface area contributed by atoms with Crippen molar-refractivity contribution in [2.24, 2.45) is 28.6 Å². The maximum absolute atomic E-state index is 12.3. The van der Waals surface area contributed by atoms with Crippen LogP contribution < -0.4 is 0 Å². The van der Waals surface area contributed by atoms with Gasteiger partial charge >= 0.3 is 0 Å². The van der Waals surface area contributed by atoms with Crippen molar-refractivity contribution >= 4 is 5.78 Å². The fraction of sp³-hybridized carbons (Fsp3) is 0.762. The molecular weight excluding hydrogens is 284 g/mol. The maximum Gasteiger partial charge on any atom is 0.181 e. The summed E-state index contributed by atoms with van der Waals surface area (Å²) >= 11 is 0. The van der Waals surface area contributed by atoms with Crippen LogP contribution in [-0.2, 0) is 4.79 Å². The number of hydrogen-bond donors (Lipinski definition) is 1. The number of carbonyl (C=O) groups is 1. The number of rotatable bonds is 0. The van der Waals surface area contributed by atoms with Gasteiger partial charge in [-0.25, -0.2) is 0 Å². The normalized spacial score (nSPS) is 51.0. The van der Waals surface area contributed by atoms with Gasteiger partial charge in [-0.05, 0) is 92.1 Å². The number of aliphatic hydroxyl groups excluding tert-OH is 1. The topological polar surface area (TPSA) is 37.3 Å². The summed E-state index contributed by atoms with van der Waals surface area (Å²) in [6, 6.07) is 0. The lowest BCUT2D eigenvalue weighted by Crippen LogP contribution is -2.51. The van der Waals surface area contributed by atoms with E-state index in [0.717, 1.165) is 37.2 Å². The minimum atomic E-state index is -0.0998. The van der Waals surface area contributed by atoms with E-state index in [-0.39, 0.29) is 22.7 Å². The van der Waals surface area contributed by atoms with Gasteiger partial charge in [0.2, 0.25) is 0 Å². The third-order valence-electron chi connectivity index (χ3n) is 8.21. The van der Waals surface area contributed by atoms with E-state index in [1.807, 2.05) is 19.1 Å². The predicted molar refractivity (Wildman–Crippen MR) is 91.9 cm³/mol. The Kier molecular flexibility index (Phi) is 3.43. The summed E-state index contributed by atoms with van der Waals surface area (Å²) in [5.74, 6) is 2.35. The first-order chi connectivity index (χ1) is 10.9. The first kappa shape index (κ1) is 15.6. The van der Waals surface area contributed by atoms with Crippen LogP contribution in [0.1, 0.15) is 65.7 Å². The van der Waals surface area contributed by atoms with Crippen molar-refractivity contribution in [2.75, 3.05) is 0 Å². The Hall–Kier alpha value is -0.890. The molecule has 0 aromatic carbocycles. The summed E-state index contributed by atoms with van der Waals surface area (Å²) in [4.78, 5) is 12.3. The van der Waals surface area contributed by atoms with Gasteiger partial charge in [-0.1, -0.05) is 25.5 Å². The molecule has 0 unspecified atom stereocenters. The van der Waals surface area contributed by atoms with Gasteiger partial charge in [0.25, 0.3) is 0 Å². The van der Waals surface area contributed by atoms with Gasteiger partial charge in [0.15, 0.2) is 5.78 Å². The monoisotopic (exact) mass is 314 g/mol. The third kappa shape index (κ3) is 2.00. The Balaban J connectivity index is 1.71. The molecule has 4 rings (SSSR count). The molecule has 6 atom stereocenters. The molecule has 0 saturated heterocycles. The van der Waals surface area contributed by atoms with Gasteiger partial charge in [-0.3, -0.25) is 4.79 Å². The molecule has 23 heavy (non-hydrogen) atoms. The summed E-state index contributed by atoms with van der Waals surface area (Å²) in [5, 5.41) is 10.5. The van der Waals surface area contributed by atoms with E-state index < -0.39 is 0 Å². The molecule has 4 aliphatic rings. The van der Waals surface area contributed by atoms with Crippen LogP contribution in [0.4, 0.5) is 0 Å². The van der Waals surface area contributed by atoms with Crippen LogP contribution in [-0.4, -0.2) is 17.0 Å². The third-order valence-corrected chi connectivity index (χ3v) is 8.21. The van der Waals surface area contributed by atoms with Crippen molar-refractivity contribution < 1.29 is 9.90 Å². The van der Waals surface area contributed by atoms with Crippen LogP contribution >= 0.6 is 0 Å². The summed E-state index contributed by atoms with van der Waals surface area (Å²) in [6.07, 6.45) is 11.7. The van der Waals surface area contributed by atoms with E-state index in [2.05, 4.69) is 13.8 Å². The highest BCUT2D eigenvalue weighted by Gasteiger charge is 2.59. The summed E-state index contributed by atoms with van der Waals surface area (Å²) in [7, 11) is 0. The molecule has 0 bridgehead atoms. The lowest BCUT2D eigenvalue weighted by atomic mass is 9.47. The molecule has 2 heteroatoms. The number of fused-ring (bicyclic) bond motifs is 5. The van der Waals surface area contributed by atoms with Crippen LogP contribution in [0.2, 0.25) is 0 Å². The van der Waals surface area contributed by atoms with Crippen LogP contribution in [0.25, 0.3) is 0 Å². The molecule has 0 radical (unpaired) electrons. The van der Waals surface area contributed by atoms with Gasteiger partial charge in [-0.2, -0.15) is 0 Å². The number of carbonyl (C=O) groups excluding carboxylic acids is 1. The second kappa shape index (κ2) is 5.05. The highest BCUT2D eigenvalue weighted by atomic mass is 16.3. The Morgan fingerprint density at radius 3 is 2.70 bits per heavy atom. The summed E-state index contributed by atoms with van der Waals surface area (Å²) in [6.45, 7) is 6.75. The molecular formula is C21H30O2. The minimum absolute atomic E-state index is 0.0998. The average molecular weight is 314 g/mol. The minimum Gasteiger partial charge on any atom is -0.393 e. The van der Waals surface area contributed by atoms with Gasteiger partial charge < -0.3 is 5.11 Å². The molecule has 0 spiro atoms. The zero-order chi connectivity index (χ0) is 16.4. The fourth-order valence-electron chi connectivity index (χ4n) is 6.76. The second-order valence-electron chi connectivity index (χ2n) is 9.00. The van der Waals surface area contributed by atoms with Crippen molar-refractivity contribution in [3.05, 3.63) is 23.3 Å². The number of aliphatic hydroxyl groups is 1. The Bertz CT molecular complexity index is 601. The molecule has 0 aromatic rings. The van der Waals surface area contributed by atoms with Crippen LogP contribution in [0.15, 0.2) is 23.3 Å². The molecule has 0 amide bonds. The zero-order valence-corrected chi connectivity index (χ0v) is 14.8. The molecule has 3 saturated carbocycles. The molecule has 3 fully saturated rings. The van der Waals surface area contributed by atoms with Gasteiger partial charge in [0.05, 0.1) is 6.10 Å². The predicted octanol–water partition coefficient (Wildman–Crippen LogP) is 4.44. The Labute approximate surface area is 140 Å². The highest BCUT2D eigenvalue weighted by Crippen LogP contribution is 2.65. The Morgan fingerprint density at radius 2 is 1.96 bits per heavy atom. The zero-order valence-electron chi connectivity index (χ0n) is 14.8. The van der Waals surface area contributed by atoms with E-state index in [1.165, 1.54) is 24.8 Å². The number of hydrogen-bond acceptors (Lipinski definition) is 2. The van der Waals surface area contributed by atoms with E-state index >= 15 is 0 Å². The van der Waals surface area contributed by atoms with E-state index in [1.54, 1.807) is 0 Å². The highest BCUT2D eigenvalue weighted by molar-refractivity contribution is 6.05. The smallest absolute Gasteiger partial charge is 0.181 e. The second-order valence-corrected chi connectivity index (χ2v) is 9.00. The molecule has 1 N–H and O–H groups in total. The van der Waals surface area contributed by atoms with Crippen LogP contribution in [0, 0.1) is 28.6 Å². The molecule has 0 aliphatic heterocycles. The van der Waals surface area contributed by atoms with Gasteiger partial charge in [-0.15, -0.1) is 0 Å². The lowest BCUT2D eigenvalue weighted by Gasteiger charge is -2.57. The number of allylic oxidation sites excluding steroid dienone is 3. The molecule has 126 valence electrons. The Morgan fingerprint density at radius 1 is 1.17 bits per heavy atom. The van der Waals surface area contributed by atoms with Crippen molar-refractivity contribution in [1.82, 2.24) is 0 Å². The maximum atomic E-state index is 12.3.